The molecule has 0 amide bonds. The predicted octanol–water partition coefficient (Wildman–Crippen LogP) is 3.84. The molecule has 1 nitrogen and oxygen atoms in total. The molecule has 1 aromatic rings. The first-order valence-electron chi connectivity index (χ1n) is 5.44. The molecule has 0 bridgehead atoms. The van der Waals surface area contributed by atoms with E-state index in [2.05, 4.69) is 5.32 Å². The fourth-order valence-electron chi connectivity index (χ4n) is 2.13. The van der Waals surface area contributed by atoms with E-state index in [0.29, 0.717) is 0 Å². The van der Waals surface area contributed by atoms with Gasteiger partial charge in [-0.1, -0.05) is 12.1 Å². The first kappa shape index (κ1) is 11.3. The second-order valence-electron chi connectivity index (χ2n) is 4.28. The Bertz CT molecular complexity index is 384. The van der Waals surface area contributed by atoms with Gasteiger partial charge in [0.15, 0.2) is 0 Å². The molecule has 0 aliphatic carbocycles. The number of hydrogen-bond donors (Lipinski definition) is 1. The Morgan fingerprint density at radius 2 is 2.06 bits per heavy atom. The van der Waals surface area contributed by atoms with Gasteiger partial charge in [-0.15, -0.1) is 0 Å². The monoisotopic (exact) mass is 229 g/mol. The molecule has 1 heterocycles. The molecule has 0 saturated heterocycles. The van der Waals surface area contributed by atoms with Crippen LogP contribution in [0.4, 0.5) is 18.9 Å². The van der Waals surface area contributed by atoms with Gasteiger partial charge in [-0.2, -0.15) is 13.2 Å². The lowest BCUT2D eigenvalue weighted by atomic mass is 10.0. The van der Waals surface area contributed by atoms with Crippen molar-refractivity contribution in [1.82, 2.24) is 0 Å². The van der Waals surface area contributed by atoms with Crippen LogP contribution in [0.25, 0.3) is 0 Å². The normalized spacial score (nSPS) is 20.9. The highest BCUT2D eigenvalue weighted by molar-refractivity contribution is 5.60. The third kappa shape index (κ3) is 2.15. The number of nitrogens with one attached hydrogen (secondary N) is 1. The summed E-state index contributed by atoms with van der Waals surface area (Å²) in [6.07, 6.45) is -1.71. The summed E-state index contributed by atoms with van der Waals surface area (Å²) in [5, 5.41) is 2.98. The van der Waals surface area contributed by atoms with Crippen LogP contribution in [-0.4, -0.2) is 6.04 Å². The topological polar surface area (TPSA) is 12.0 Å². The van der Waals surface area contributed by atoms with Gasteiger partial charge in [-0.25, -0.2) is 0 Å². The van der Waals surface area contributed by atoms with E-state index in [4.69, 9.17) is 0 Å². The Balaban J connectivity index is 2.49. The molecule has 88 valence electrons. The van der Waals surface area contributed by atoms with Crippen molar-refractivity contribution >= 4 is 5.69 Å². The fraction of sp³-hybridized carbons (Fsp3) is 0.500. The minimum atomic E-state index is -4.28. The van der Waals surface area contributed by atoms with Crippen LogP contribution in [0, 0.1) is 0 Å². The van der Waals surface area contributed by atoms with Gasteiger partial charge in [0, 0.05) is 11.7 Å². The van der Waals surface area contributed by atoms with E-state index in [0.717, 1.165) is 30.9 Å². The van der Waals surface area contributed by atoms with Crippen molar-refractivity contribution < 1.29 is 13.2 Å². The Morgan fingerprint density at radius 1 is 1.31 bits per heavy atom. The number of rotatable bonds is 0. The third-order valence-electron chi connectivity index (χ3n) is 2.93. The Hall–Kier alpha value is -1.19. The lowest BCUT2D eigenvalue weighted by Gasteiger charge is -2.18. The quantitative estimate of drug-likeness (QED) is 0.712. The molecule has 0 saturated carbocycles. The van der Waals surface area contributed by atoms with Crippen molar-refractivity contribution in [1.29, 1.82) is 0 Å². The van der Waals surface area contributed by atoms with Crippen molar-refractivity contribution in [3.63, 3.8) is 0 Å². The van der Waals surface area contributed by atoms with Crippen molar-refractivity contribution in [2.45, 2.75) is 38.4 Å². The lowest BCUT2D eigenvalue weighted by molar-refractivity contribution is -0.137. The lowest BCUT2D eigenvalue weighted by Crippen LogP contribution is -2.17. The van der Waals surface area contributed by atoms with E-state index < -0.39 is 11.7 Å². The summed E-state index contributed by atoms with van der Waals surface area (Å²) in [4.78, 5) is 0. The van der Waals surface area contributed by atoms with Crippen molar-refractivity contribution in [3.8, 4) is 0 Å². The minimum absolute atomic E-state index is 0.102. The average molecular weight is 229 g/mol. The van der Waals surface area contributed by atoms with Crippen molar-refractivity contribution in [2.24, 2.45) is 0 Å². The smallest absolute Gasteiger partial charge is 0.382 e. The summed E-state index contributed by atoms with van der Waals surface area (Å²) < 4.78 is 38.4. The maximum absolute atomic E-state index is 12.8. The standard InChI is InChI=1S/C12H14F3N/c1-8-4-2-5-9-6-3-7-10(11(9)16-8)12(13,14)15/h3,6-8,16H,2,4-5H2,1H3. The molecule has 0 aromatic heterocycles. The fourth-order valence-corrected chi connectivity index (χ4v) is 2.13. The molecule has 4 heteroatoms. The summed E-state index contributed by atoms with van der Waals surface area (Å²) in [5.74, 6) is 0. The zero-order chi connectivity index (χ0) is 11.8. The Labute approximate surface area is 92.7 Å². The van der Waals surface area contributed by atoms with Gasteiger partial charge in [-0.05, 0) is 37.8 Å². The number of benzene rings is 1. The number of anilines is 1. The molecule has 1 aliphatic heterocycles. The largest absolute Gasteiger partial charge is 0.418 e. The predicted molar refractivity (Wildman–Crippen MR) is 57.5 cm³/mol. The molecule has 2 rings (SSSR count). The molecule has 1 aromatic carbocycles. The maximum Gasteiger partial charge on any atom is 0.418 e. The minimum Gasteiger partial charge on any atom is -0.382 e. The molecular formula is C12H14F3N. The first-order valence-corrected chi connectivity index (χ1v) is 5.44. The maximum atomic E-state index is 12.8. The highest BCUT2D eigenvalue weighted by atomic mass is 19.4. The second-order valence-corrected chi connectivity index (χ2v) is 4.28. The van der Waals surface area contributed by atoms with E-state index in [1.165, 1.54) is 6.07 Å². The highest BCUT2D eigenvalue weighted by Crippen LogP contribution is 2.38. The average Bonchev–Trinajstić information content (AvgIpc) is 2.36. The summed E-state index contributed by atoms with van der Waals surface area (Å²) in [6.45, 7) is 1.92. The van der Waals surface area contributed by atoms with Crippen LogP contribution in [-0.2, 0) is 12.6 Å². The van der Waals surface area contributed by atoms with Crippen LogP contribution in [0.2, 0.25) is 0 Å². The van der Waals surface area contributed by atoms with Crippen molar-refractivity contribution in [2.75, 3.05) is 5.32 Å². The van der Waals surface area contributed by atoms with Gasteiger partial charge in [-0.3, -0.25) is 0 Å². The summed E-state index contributed by atoms with van der Waals surface area (Å²) >= 11 is 0. The Kier molecular flexibility index (Phi) is 2.82. The zero-order valence-electron chi connectivity index (χ0n) is 9.06. The number of fused-ring (bicyclic) bond motifs is 1. The van der Waals surface area contributed by atoms with Crippen LogP contribution < -0.4 is 5.32 Å². The third-order valence-corrected chi connectivity index (χ3v) is 2.93. The van der Waals surface area contributed by atoms with Gasteiger partial charge >= 0.3 is 6.18 Å². The SMILES string of the molecule is CC1CCCc2cccc(C(F)(F)F)c2N1. The Morgan fingerprint density at radius 3 is 2.75 bits per heavy atom. The molecule has 0 radical (unpaired) electrons. The van der Waals surface area contributed by atoms with E-state index in [-0.39, 0.29) is 11.7 Å². The number of aryl methyl sites for hydroxylation is 1. The van der Waals surface area contributed by atoms with Crippen LogP contribution in [0.5, 0.6) is 0 Å². The van der Waals surface area contributed by atoms with Crippen LogP contribution in [0.15, 0.2) is 18.2 Å². The van der Waals surface area contributed by atoms with Crippen LogP contribution in [0.1, 0.15) is 30.9 Å². The van der Waals surface area contributed by atoms with Gasteiger partial charge in [0.05, 0.1) is 5.56 Å². The summed E-state index contributed by atoms with van der Waals surface area (Å²) in [7, 11) is 0. The van der Waals surface area contributed by atoms with Crippen molar-refractivity contribution in [3.05, 3.63) is 29.3 Å². The number of hydrogen-bond acceptors (Lipinski definition) is 1. The number of alkyl halides is 3. The molecule has 1 unspecified atom stereocenters. The van der Waals surface area contributed by atoms with Crippen LogP contribution in [0.3, 0.4) is 0 Å². The number of para-hydroxylation sites is 1. The van der Waals surface area contributed by atoms with Gasteiger partial charge in [0.2, 0.25) is 0 Å². The molecule has 1 aliphatic rings. The molecule has 16 heavy (non-hydrogen) atoms. The molecule has 0 fully saturated rings. The first-order chi connectivity index (χ1) is 7.48. The van der Waals surface area contributed by atoms with Gasteiger partial charge < -0.3 is 5.32 Å². The molecule has 1 N–H and O–H groups in total. The van der Waals surface area contributed by atoms with Gasteiger partial charge in [0.1, 0.15) is 0 Å². The second kappa shape index (κ2) is 4.00. The summed E-state index contributed by atoms with van der Waals surface area (Å²) in [6, 6.07) is 4.50. The number of halogens is 3. The van der Waals surface area contributed by atoms with E-state index in [1.807, 2.05) is 6.92 Å². The van der Waals surface area contributed by atoms with E-state index in [9.17, 15) is 13.2 Å². The molecular weight excluding hydrogens is 215 g/mol. The van der Waals surface area contributed by atoms with Crippen LogP contribution >= 0.6 is 0 Å². The zero-order valence-corrected chi connectivity index (χ0v) is 9.06. The van der Waals surface area contributed by atoms with E-state index >= 15 is 0 Å². The van der Waals surface area contributed by atoms with E-state index in [1.54, 1.807) is 6.07 Å². The molecule has 1 atom stereocenters. The highest BCUT2D eigenvalue weighted by Gasteiger charge is 2.35. The summed E-state index contributed by atoms with van der Waals surface area (Å²) in [5.41, 5.74) is 0.512. The van der Waals surface area contributed by atoms with Gasteiger partial charge in [0.25, 0.3) is 0 Å². The molecule has 0 spiro atoms.